The first-order chi connectivity index (χ1) is 19.1. The van der Waals surface area contributed by atoms with Crippen molar-refractivity contribution in [2.24, 2.45) is 28.6 Å². The summed E-state index contributed by atoms with van der Waals surface area (Å²) >= 11 is 0. The smallest absolute Gasteiger partial charge is 0.444 e. The number of nitrogens with one attached hydrogen (secondary N) is 1. The summed E-state index contributed by atoms with van der Waals surface area (Å²) in [5.74, 6) is -0.622. The molecular weight excluding hydrogens is 530 g/mol. The number of carbonyl (C=O) groups excluding carboxylic acids is 4. The minimum atomic E-state index is -1.73. The maximum Gasteiger partial charge on any atom is 0.508 e. The highest BCUT2D eigenvalue weighted by atomic mass is 16.7. The van der Waals surface area contributed by atoms with Gasteiger partial charge in [0.15, 0.2) is 12.4 Å². The Bertz CT molecular complexity index is 1120. The molecule has 0 bridgehead atoms. The zero-order chi connectivity index (χ0) is 30.2. The highest BCUT2D eigenvalue weighted by Gasteiger charge is 2.68. The van der Waals surface area contributed by atoms with Crippen LogP contribution in [0.2, 0.25) is 0 Å². The molecule has 0 aromatic rings. The average Bonchev–Trinajstić information content (AvgIpc) is 3.14. The summed E-state index contributed by atoms with van der Waals surface area (Å²) < 4.78 is 15.3. The zero-order valence-electron chi connectivity index (χ0n) is 24.9. The number of fused-ring (bicyclic) bond motifs is 5. The highest BCUT2D eigenvalue weighted by molar-refractivity contribution is 6.01. The third kappa shape index (κ3) is 6.09. The van der Waals surface area contributed by atoms with Crippen LogP contribution in [0.25, 0.3) is 0 Å². The fourth-order valence-corrected chi connectivity index (χ4v) is 7.96. The van der Waals surface area contributed by atoms with Crippen LogP contribution in [0.1, 0.15) is 79.6 Å². The van der Waals surface area contributed by atoms with Crippen molar-refractivity contribution in [3.8, 4) is 0 Å². The first kappa shape index (κ1) is 31.2. The van der Waals surface area contributed by atoms with Gasteiger partial charge >= 0.3 is 12.2 Å². The van der Waals surface area contributed by atoms with E-state index < -0.39 is 52.8 Å². The van der Waals surface area contributed by atoms with Gasteiger partial charge in [-0.1, -0.05) is 25.5 Å². The molecule has 4 aliphatic carbocycles. The predicted molar refractivity (Wildman–Crippen MR) is 149 cm³/mol. The monoisotopic (exact) mass is 575 g/mol. The molecule has 0 heterocycles. The van der Waals surface area contributed by atoms with E-state index in [0.29, 0.717) is 25.8 Å². The lowest BCUT2D eigenvalue weighted by Gasteiger charge is -2.59. The van der Waals surface area contributed by atoms with E-state index in [1.165, 1.54) is 0 Å². The van der Waals surface area contributed by atoms with Gasteiger partial charge in [-0.25, -0.2) is 9.59 Å². The number of alkyl carbamates (subject to hydrolysis) is 1. The first-order valence-corrected chi connectivity index (χ1v) is 14.8. The summed E-state index contributed by atoms with van der Waals surface area (Å²) in [7, 11) is 0. The van der Waals surface area contributed by atoms with Gasteiger partial charge in [0, 0.05) is 23.3 Å². The largest absolute Gasteiger partial charge is 0.508 e. The fourth-order valence-electron chi connectivity index (χ4n) is 7.96. The van der Waals surface area contributed by atoms with Crippen molar-refractivity contribution >= 4 is 23.8 Å². The fraction of sp³-hybridized carbons (Fsp3) is 0.742. The molecule has 0 aromatic heterocycles. The van der Waals surface area contributed by atoms with E-state index in [9.17, 15) is 29.4 Å². The maximum atomic E-state index is 13.3. The molecule has 41 heavy (non-hydrogen) atoms. The van der Waals surface area contributed by atoms with Crippen LogP contribution in [-0.4, -0.2) is 71.1 Å². The van der Waals surface area contributed by atoms with Crippen LogP contribution < -0.4 is 5.32 Å². The second-order valence-electron chi connectivity index (χ2n) is 13.6. The molecule has 4 rings (SSSR count). The number of amides is 1. The number of allylic oxidation sites excluding steroid dienone is 4. The Labute approximate surface area is 241 Å². The van der Waals surface area contributed by atoms with E-state index in [4.69, 9.17) is 14.2 Å². The minimum Gasteiger partial charge on any atom is -0.444 e. The topological polar surface area (TPSA) is 148 Å². The number of carbonyl (C=O) groups is 4. The standard InChI is InChI=1S/C31H45NO9/c1-28(2,3)41-26(36)32-14-6-7-15-39-27(37)40-18-24(35)31(38)13-11-22-21-9-8-19-16-20(33)10-12-29(19,4)25(21)23(34)17-30(22,31)5/h10,12,16,21-23,25,34,38H,6-9,11,13-15,17-18H2,1-5H3,(H,32,36)/t21-,22-,23-,25+,29-,30-,31-/m0/s1. The van der Waals surface area contributed by atoms with Crippen molar-refractivity contribution in [2.45, 2.75) is 96.9 Å². The van der Waals surface area contributed by atoms with Gasteiger partial charge < -0.3 is 29.7 Å². The van der Waals surface area contributed by atoms with E-state index in [1.54, 1.807) is 32.9 Å². The second kappa shape index (κ2) is 11.5. The van der Waals surface area contributed by atoms with Crippen molar-refractivity contribution < 1.29 is 43.6 Å². The van der Waals surface area contributed by atoms with E-state index in [-0.39, 0.29) is 43.0 Å². The molecule has 0 spiro atoms. The van der Waals surface area contributed by atoms with Crippen molar-refractivity contribution in [1.29, 1.82) is 0 Å². The van der Waals surface area contributed by atoms with Gasteiger partial charge in [-0.05, 0) is 89.7 Å². The summed E-state index contributed by atoms with van der Waals surface area (Å²) in [5, 5.41) is 25.8. The number of rotatable bonds is 8. The SMILES string of the molecule is CC(C)(C)OC(=O)NCCCCOC(=O)OCC(=O)[C@@]1(O)CC[C@H]2[C@@H]3CCC4=CC(=O)C=C[C@]4(C)[C@H]3[C@@H](O)C[C@@]21C. The number of ketones is 2. The number of unbranched alkanes of at least 4 members (excludes halogenated alkanes) is 1. The lowest BCUT2D eigenvalue weighted by molar-refractivity contribution is -0.179. The van der Waals surface area contributed by atoms with Crippen molar-refractivity contribution in [2.75, 3.05) is 19.8 Å². The van der Waals surface area contributed by atoms with Crippen molar-refractivity contribution in [1.82, 2.24) is 5.32 Å². The van der Waals surface area contributed by atoms with Gasteiger partial charge in [-0.2, -0.15) is 0 Å². The highest BCUT2D eigenvalue weighted by Crippen LogP contribution is 2.67. The van der Waals surface area contributed by atoms with Crippen LogP contribution in [0.3, 0.4) is 0 Å². The van der Waals surface area contributed by atoms with E-state index in [0.717, 1.165) is 18.4 Å². The van der Waals surface area contributed by atoms with Crippen LogP contribution >= 0.6 is 0 Å². The average molecular weight is 576 g/mol. The third-order valence-corrected chi connectivity index (χ3v) is 9.89. The molecule has 0 radical (unpaired) electrons. The van der Waals surface area contributed by atoms with Gasteiger partial charge in [-0.15, -0.1) is 0 Å². The molecule has 0 saturated heterocycles. The normalized spacial score (nSPS) is 35.9. The quantitative estimate of drug-likeness (QED) is 0.288. The summed E-state index contributed by atoms with van der Waals surface area (Å²) in [6, 6.07) is 0. The Morgan fingerprint density at radius 3 is 2.56 bits per heavy atom. The number of aliphatic hydroxyl groups excluding tert-OH is 1. The molecule has 3 fully saturated rings. The van der Waals surface area contributed by atoms with Gasteiger partial charge in [0.1, 0.15) is 11.2 Å². The molecule has 3 saturated carbocycles. The van der Waals surface area contributed by atoms with Gasteiger partial charge in [0.2, 0.25) is 5.78 Å². The van der Waals surface area contributed by atoms with Crippen molar-refractivity contribution in [3.05, 3.63) is 23.8 Å². The molecule has 4 aliphatic rings. The van der Waals surface area contributed by atoms with E-state index in [2.05, 4.69) is 12.2 Å². The first-order valence-electron chi connectivity index (χ1n) is 14.8. The molecule has 228 valence electrons. The molecule has 1 amide bonds. The van der Waals surface area contributed by atoms with Crippen LogP contribution in [0.4, 0.5) is 9.59 Å². The Morgan fingerprint density at radius 2 is 1.85 bits per heavy atom. The molecule has 0 aliphatic heterocycles. The lowest BCUT2D eigenvalue weighted by Crippen LogP contribution is -2.61. The molecule has 0 unspecified atom stereocenters. The number of hydrogen-bond donors (Lipinski definition) is 3. The third-order valence-electron chi connectivity index (χ3n) is 9.89. The maximum absolute atomic E-state index is 13.3. The van der Waals surface area contributed by atoms with Gasteiger partial charge in [-0.3, -0.25) is 9.59 Å². The summed E-state index contributed by atoms with van der Waals surface area (Å²) in [4.78, 5) is 49.1. The molecule has 10 heteroatoms. The molecular formula is C31H45NO9. The molecule has 0 aromatic carbocycles. The van der Waals surface area contributed by atoms with E-state index in [1.807, 2.05) is 13.0 Å². The van der Waals surface area contributed by atoms with Gasteiger partial charge in [0.25, 0.3) is 0 Å². The van der Waals surface area contributed by atoms with Crippen LogP contribution in [0.5, 0.6) is 0 Å². The number of aliphatic hydroxyl groups is 2. The Hall–Kier alpha value is -2.72. The van der Waals surface area contributed by atoms with Gasteiger partial charge in [0.05, 0.1) is 12.7 Å². The number of Topliss-reactive ketones (excluding diaryl/α,β-unsaturated/α-hetero) is 1. The lowest BCUT2D eigenvalue weighted by atomic mass is 9.46. The van der Waals surface area contributed by atoms with Crippen LogP contribution in [0.15, 0.2) is 23.8 Å². The molecule has 10 nitrogen and oxygen atoms in total. The molecule has 3 N–H and O–H groups in total. The van der Waals surface area contributed by atoms with E-state index >= 15 is 0 Å². The Morgan fingerprint density at radius 1 is 1.12 bits per heavy atom. The number of ether oxygens (including phenoxy) is 3. The van der Waals surface area contributed by atoms with Crippen LogP contribution in [0, 0.1) is 28.6 Å². The summed E-state index contributed by atoms with van der Waals surface area (Å²) in [6.07, 6.45) is 6.59. The predicted octanol–water partition coefficient (Wildman–Crippen LogP) is 4.02. The zero-order valence-corrected chi connectivity index (χ0v) is 24.9. The Kier molecular flexibility index (Phi) is 8.77. The van der Waals surface area contributed by atoms with Crippen molar-refractivity contribution in [3.63, 3.8) is 0 Å². The van der Waals surface area contributed by atoms with Crippen LogP contribution in [-0.2, 0) is 23.8 Å². The summed E-state index contributed by atoms with van der Waals surface area (Å²) in [6.45, 7) is 9.08. The second-order valence-corrected chi connectivity index (χ2v) is 13.6. The summed E-state index contributed by atoms with van der Waals surface area (Å²) in [5.41, 5.74) is -2.56. The molecule has 7 atom stereocenters. The minimum absolute atomic E-state index is 0.00972. The number of hydrogen-bond acceptors (Lipinski definition) is 9. The Balaban J connectivity index is 1.27.